The van der Waals surface area contributed by atoms with E-state index >= 15 is 0 Å². The third kappa shape index (κ3) is 4.05. The van der Waals surface area contributed by atoms with Crippen LogP contribution in [0.4, 0.5) is 0 Å². The van der Waals surface area contributed by atoms with Crippen molar-refractivity contribution in [3.8, 4) is 0 Å². The first kappa shape index (κ1) is 15.1. The number of hydrogen-bond acceptors (Lipinski definition) is 1. The average Bonchev–Trinajstić information content (AvgIpc) is 2.44. The van der Waals surface area contributed by atoms with Crippen molar-refractivity contribution in [3.63, 3.8) is 0 Å². The summed E-state index contributed by atoms with van der Waals surface area (Å²) in [5.74, 6) is 0. The molecule has 1 aliphatic carbocycles. The van der Waals surface area contributed by atoms with Gasteiger partial charge >= 0.3 is 0 Å². The van der Waals surface area contributed by atoms with Crippen LogP contribution in [0, 0.1) is 0 Å². The van der Waals surface area contributed by atoms with Crippen LogP contribution in [0.25, 0.3) is 0 Å². The maximum absolute atomic E-state index is 4.04. The molecule has 0 aliphatic heterocycles. The Labute approximate surface area is 111 Å². The van der Waals surface area contributed by atoms with Gasteiger partial charge in [-0.05, 0) is 6.42 Å². The second-order valence-electron chi connectivity index (χ2n) is 7.75. The first-order valence-corrected chi connectivity index (χ1v) is 16.6. The smallest absolute Gasteiger partial charge is 0.141 e. The molecule has 0 aromatic rings. The molecule has 0 saturated carbocycles. The highest BCUT2D eigenvalue weighted by Crippen LogP contribution is 2.33. The van der Waals surface area contributed by atoms with Crippen molar-refractivity contribution < 1.29 is 0 Å². The maximum atomic E-state index is 4.04. The fourth-order valence-electron chi connectivity index (χ4n) is 2.81. The zero-order valence-electron chi connectivity index (χ0n) is 12.9. The van der Waals surface area contributed by atoms with Gasteiger partial charge in [0.05, 0.1) is 8.07 Å². The van der Waals surface area contributed by atoms with E-state index in [0.717, 1.165) is 0 Å². The van der Waals surface area contributed by atoms with Crippen LogP contribution < -0.4 is 4.65 Å². The van der Waals surface area contributed by atoms with Gasteiger partial charge in [0.15, 0.2) is 0 Å². The molecule has 0 fully saturated rings. The summed E-state index contributed by atoms with van der Waals surface area (Å²) in [6, 6.07) is 0. The predicted octanol–water partition coefficient (Wildman–Crippen LogP) is 4.29. The molecule has 0 bridgehead atoms. The van der Waals surface area contributed by atoms with Crippen LogP contribution in [-0.4, -0.2) is 24.5 Å². The van der Waals surface area contributed by atoms with Gasteiger partial charge in [0.1, 0.15) is 16.5 Å². The fraction of sp³-hybridized carbons (Fsp3) is 0.692. The minimum atomic E-state index is -1.41. The summed E-state index contributed by atoms with van der Waals surface area (Å²) in [5.41, 5.74) is 0. The Kier molecular flexibility index (Phi) is 4.14. The van der Waals surface area contributed by atoms with Gasteiger partial charge < -0.3 is 4.65 Å². The zero-order chi connectivity index (χ0) is 13.5. The van der Waals surface area contributed by atoms with Gasteiger partial charge in [-0.25, -0.2) is 0 Å². The molecule has 1 aliphatic rings. The molecule has 0 atom stereocenters. The van der Waals surface area contributed by atoms with Crippen molar-refractivity contribution in [2.75, 3.05) is 0 Å². The number of hydrogen-bond donors (Lipinski definition) is 1. The molecule has 1 rings (SSSR count). The first-order valence-electron chi connectivity index (χ1n) is 6.63. The minimum absolute atomic E-state index is 1.17. The second kappa shape index (κ2) is 4.64. The van der Waals surface area contributed by atoms with Crippen LogP contribution >= 0.6 is 0 Å². The molecule has 4 heteroatoms. The highest BCUT2D eigenvalue weighted by Gasteiger charge is 2.36. The molecule has 0 spiro atoms. The molecule has 0 radical (unpaired) electrons. The van der Waals surface area contributed by atoms with Gasteiger partial charge in [-0.3, -0.25) is 0 Å². The molecule has 0 unspecified atom stereocenters. The largest absolute Gasteiger partial charge is 0.356 e. The third-order valence-corrected chi connectivity index (χ3v) is 13.0. The molecule has 0 aromatic carbocycles. The normalized spacial score (nSPS) is 18.1. The SMILES string of the molecule is C[Si](C)(C)N[Si](C)(C)C1=C([Si](C)(C)C)C=CC1. The summed E-state index contributed by atoms with van der Waals surface area (Å²) < 4.78 is 4.04. The monoisotopic (exact) mass is 283 g/mol. The highest BCUT2D eigenvalue weighted by molar-refractivity contribution is 6.96. The van der Waals surface area contributed by atoms with Gasteiger partial charge in [0, 0.05) is 0 Å². The van der Waals surface area contributed by atoms with Crippen molar-refractivity contribution in [1.82, 2.24) is 4.65 Å². The summed E-state index contributed by atoms with van der Waals surface area (Å²) in [5, 5.41) is 3.50. The van der Waals surface area contributed by atoms with Gasteiger partial charge in [-0.2, -0.15) is 0 Å². The van der Waals surface area contributed by atoms with Crippen LogP contribution in [0.1, 0.15) is 6.42 Å². The average molecular weight is 284 g/mol. The standard InChI is InChI=1S/C13H29NSi3/c1-15(2,3)12-10-9-11-13(12)17(7,8)14-16(4,5)6/h9-10,14H,11H2,1-8H3. The quantitative estimate of drug-likeness (QED) is 0.759. The zero-order valence-corrected chi connectivity index (χ0v) is 15.9. The van der Waals surface area contributed by atoms with Crippen LogP contribution in [0.5, 0.6) is 0 Å². The summed E-state index contributed by atoms with van der Waals surface area (Å²) >= 11 is 0. The molecule has 17 heavy (non-hydrogen) atoms. The molecule has 0 aromatic heterocycles. The molecular formula is C13H29NSi3. The van der Waals surface area contributed by atoms with Crippen molar-refractivity contribution in [3.05, 3.63) is 22.5 Å². The van der Waals surface area contributed by atoms with Crippen LogP contribution in [0.3, 0.4) is 0 Å². The van der Waals surface area contributed by atoms with Crippen LogP contribution in [0.15, 0.2) is 22.5 Å². The van der Waals surface area contributed by atoms with E-state index in [-0.39, 0.29) is 0 Å². The summed E-state index contributed by atoms with van der Waals surface area (Å²) in [6.45, 7) is 19.6. The lowest BCUT2D eigenvalue weighted by Crippen LogP contribution is -2.59. The lowest BCUT2D eigenvalue weighted by Gasteiger charge is -2.36. The van der Waals surface area contributed by atoms with Crippen molar-refractivity contribution >= 4 is 24.5 Å². The number of rotatable bonds is 4. The van der Waals surface area contributed by atoms with E-state index in [4.69, 9.17) is 0 Å². The first-order chi connectivity index (χ1) is 7.43. The van der Waals surface area contributed by atoms with E-state index in [1.807, 2.05) is 0 Å². The molecule has 0 heterocycles. The van der Waals surface area contributed by atoms with E-state index in [1.54, 1.807) is 10.4 Å². The van der Waals surface area contributed by atoms with E-state index in [9.17, 15) is 0 Å². The Balaban J connectivity index is 3.07. The Hall–Kier alpha value is 0.0906. The lowest BCUT2D eigenvalue weighted by molar-refractivity contribution is 1.24. The fourth-order valence-corrected chi connectivity index (χ4v) is 16.0. The molecule has 98 valence electrons. The van der Waals surface area contributed by atoms with Crippen LogP contribution in [0.2, 0.25) is 52.4 Å². The number of allylic oxidation sites excluding steroid dienone is 4. The van der Waals surface area contributed by atoms with Gasteiger partial charge in [0.2, 0.25) is 0 Å². The second-order valence-corrected chi connectivity index (χ2v) is 22.1. The topological polar surface area (TPSA) is 12.0 Å². The Morgan fingerprint density at radius 2 is 1.47 bits per heavy atom. The maximum Gasteiger partial charge on any atom is 0.141 e. The van der Waals surface area contributed by atoms with Gasteiger partial charge in [-0.1, -0.05) is 74.9 Å². The Morgan fingerprint density at radius 3 is 1.88 bits per heavy atom. The van der Waals surface area contributed by atoms with Crippen molar-refractivity contribution in [1.29, 1.82) is 0 Å². The van der Waals surface area contributed by atoms with E-state index < -0.39 is 24.5 Å². The van der Waals surface area contributed by atoms with Gasteiger partial charge in [0.25, 0.3) is 0 Å². The Morgan fingerprint density at radius 1 is 0.941 bits per heavy atom. The molecule has 0 saturated heterocycles. The third-order valence-electron chi connectivity index (χ3n) is 3.18. The highest BCUT2D eigenvalue weighted by atomic mass is 28.4. The van der Waals surface area contributed by atoms with E-state index in [2.05, 4.69) is 69.2 Å². The van der Waals surface area contributed by atoms with Crippen molar-refractivity contribution in [2.24, 2.45) is 0 Å². The predicted molar refractivity (Wildman–Crippen MR) is 88.1 cm³/mol. The lowest BCUT2D eigenvalue weighted by atomic mass is 10.5. The molecular weight excluding hydrogens is 254 g/mol. The minimum Gasteiger partial charge on any atom is -0.356 e. The summed E-state index contributed by atoms with van der Waals surface area (Å²) in [4.78, 5) is 0. The summed E-state index contributed by atoms with van der Waals surface area (Å²) in [6.07, 6.45) is 6.00. The van der Waals surface area contributed by atoms with E-state index in [0.29, 0.717) is 0 Å². The van der Waals surface area contributed by atoms with E-state index in [1.165, 1.54) is 6.42 Å². The number of nitrogens with one attached hydrogen (secondary N) is 1. The van der Waals surface area contributed by atoms with Crippen molar-refractivity contribution in [2.45, 2.75) is 58.8 Å². The molecule has 1 N–H and O–H groups in total. The molecule has 1 nitrogen and oxygen atoms in total. The van der Waals surface area contributed by atoms with Crippen LogP contribution in [-0.2, 0) is 0 Å². The van der Waals surface area contributed by atoms with Gasteiger partial charge in [-0.15, -0.1) is 0 Å². The molecule has 0 amide bonds. The Bertz CT molecular complexity index is 354. The summed E-state index contributed by atoms with van der Waals surface area (Å²) in [7, 11) is -3.77.